The van der Waals surface area contributed by atoms with Gasteiger partial charge in [-0.3, -0.25) is 19.8 Å². The molecule has 9 heteroatoms. The van der Waals surface area contributed by atoms with Crippen molar-refractivity contribution in [3.63, 3.8) is 0 Å². The van der Waals surface area contributed by atoms with Crippen LogP contribution in [0.1, 0.15) is 12.8 Å². The minimum absolute atomic E-state index is 0.387. The van der Waals surface area contributed by atoms with Crippen LogP contribution in [0.15, 0.2) is 104 Å². The fourth-order valence-electron chi connectivity index (χ4n) is 4.47. The van der Waals surface area contributed by atoms with Crippen LogP contribution in [0.3, 0.4) is 0 Å². The molecule has 2 aromatic heterocycles. The Balaban J connectivity index is 1.13. The third kappa shape index (κ3) is 5.04. The van der Waals surface area contributed by atoms with Gasteiger partial charge in [0.2, 0.25) is 24.2 Å². The van der Waals surface area contributed by atoms with Crippen LogP contribution >= 0.6 is 0 Å². The fourth-order valence-corrected chi connectivity index (χ4v) is 4.47. The molecule has 0 saturated heterocycles. The molecule has 3 aromatic carbocycles. The Bertz CT molecular complexity index is 1740. The molecule has 2 amide bonds. The Morgan fingerprint density at radius 2 is 1.55 bits per heavy atom. The molecule has 6 rings (SSSR count). The number of hydrogen-bond donors (Lipinski definition) is 3. The Morgan fingerprint density at radius 3 is 2.20 bits per heavy atom. The van der Waals surface area contributed by atoms with Gasteiger partial charge in [0, 0.05) is 33.8 Å². The Morgan fingerprint density at radius 1 is 0.875 bits per heavy atom. The van der Waals surface area contributed by atoms with Gasteiger partial charge >= 0.3 is 0 Å². The number of benzene rings is 3. The molecular weight excluding hydrogens is 511 g/mol. The van der Waals surface area contributed by atoms with Gasteiger partial charge in [0.1, 0.15) is 22.7 Å². The number of anilines is 2. The maximum absolute atomic E-state index is 13.1. The van der Waals surface area contributed by atoms with Crippen molar-refractivity contribution in [2.45, 2.75) is 12.8 Å². The van der Waals surface area contributed by atoms with E-state index >= 15 is 0 Å². The van der Waals surface area contributed by atoms with E-state index in [1.54, 1.807) is 55.0 Å². The normalized spacial score (nSPS) is 13.4. The first-order chi connectivity index (χ1) is 19.4. The topological polar surface area (TPSA) is 104 Å². The zero-order valence-electron chi connectivity index (χ0n) is 21.2. The number of halogens is 1. The number of aromatic nitrogens is 2. The molecule has 5 aromatic rings. The molecule has 0 unspecified atom stereocenters. The summed E-state index contributed by atoms with van der Waals surface area (Å²) < 4.78 is 20.3. The molecule has 0 spiro atoms. The number of nitrogens with one attached hydrogen (secondary N) is 2. The fraction of sp³-hybridized carbons (Fsp3) is 0.0968. The van der Waals surface area contributed by atoms with Crippen molar-refractivity contribution >= 4 is 34.1 Å². The van der Waals surface area contributed by atoms with E-state index in [-0.39, 0.29) is 5.91 Å². The van der Waals surface area contributed by atoms with Crippen molar-refractivity contribution in [3.8, 4) is 22.6 Å². The van der Waals surface area contributed by atoms with E-state index in [9.17, 15) is 19.2 Å². The van der Waals surface area contributed by atoms with Crippen LogP contribution < -0.4 is 20.1 Å². The van der Waals surface area contributed by atoms with E-state index in [0.29, 0.717) is 35.7 Å². The molecule has 1 fully saturated rings. The van der Waals surface area contributed by atoms with Crippen molar-refractivity contribution in [1.82, 2.24) is 4.98 Å². The number of rotatable bonds is 7. The third-order valence-electron chi connectivity index (χ3n) is 6.88. The number of carbonyl (C=O) groups is 2. The van der Waals surface area contributed by atoms with Crippen LogP contribution in [0.4, 0.5) is 15.8 Å². The van der Waals surface area contributed by atoms with Crippen LogP contribution in [0.25, 0.3) is 22.0 Å². The van der Waals surface area contributed by atoms with Crippen molar-refractivity contribution in [2.75, 3.05) is 10.6 Å². The van der Waals surface area contributed by atoms with Gasteiger partial charge in [-0.15, -0.1) is 0 Å². The summed E-state index contributed by atoms with van der Waals surface area (Å²) in [6.07, 6.45) is 5.70. The summed E-state index contributed by atoms with van der Waals surface area (Å²) in [6, 6.07) is 23.5. The second-order valence-electron chi connectivity index (χ2n) is 9.64. The van der Waals surface area contributed by atoms with Crippen LogP contribution in [-0.2, 0) is 9.59 Å². The molecule has 1 aliphatic rings. The van der Waals surface area contributed by atoms with E-state index in [1.165, 1.54) is 24.3 Å². The highest BCUT2D eigenvalue weighted by atomic mass is 19.1. The summed E-state index contributed by atoms with van der Waals surface area (Å²) in [5.41, 5.74) is 2.31. The summed E-state index contributed by atoms with van der Waals surface area (Å²) in [5, 5.41) is 16.1. The maximum Gasteiger partial charge on any atom is 0.240 e. The van der Waals surface area contributed by atoms with Crippen molar-refractivity contribution in [1.29, 1.82) is 0 Å². The van der Waals surface area contributed by atoms with Gasteiger partial charge in [-0.2, -0.15) is 0 Å². The first-order valence-electron chi connectivity index (χ1n) is 12.7. The van der Waals surface area contributed by atoms with Crippen molar-refractivity contribution in [3.05, 3.63) is 109 Å². The van der Waals surface area contributed by atoms with E-state index in [4.69, 9.17) is 4.74 Å². The lowest BCUT2D eigenvalue weighted by Gasteiger charge is -2.16. The first-order valence-corrected chi connectivity index (χ1v) is 12.7. The maximum atomic E-state index is 13.1. The Hall–Kier alpha value is -5.31. The third-order valence-corrected chi connectivity index (χ3v) is 6.88. The second-order valence-corrected chi connectivity index (χ2v) is 9.64. The highest BCUT2D eigenvalue weighted by molar-refractivity contribution is 6.16. The Kier molecular flexibility index (Phi) is 6.31. The number of pyridine rings is 2. The highest BCUT2D eigenvalue weighted by Crippen LogP contribution is 2.47. The zero-order valence-corrected chi connectivity index (χ0v) is 21.2. The average Bonchev–Trinajstić information content (AvgIpc) is 3.78. The van der Waals surface area contributed by atoms with Gasteiger partial charge < -0.3 is 15.4 Å². The highest BCUT2D eigenvalue weighted by Gasteiger charge is 2.56. The van der Waals surface area contributed by atoms with Crippen LogP contribution in [0.2, 0.25) is 0 Å². The predicted octanol–water partition coefficient (Wildman–Crippen LogP) is 5.72. The summed E-state index contributed by atoms with van der Waals surface area (Å²) >= 11 is 0. The van der Waals surface area contributed by atoms with Crippen molar-refractivity contribution in [2.24, 2.45) is 5.41 Å². The first kappa shape index (κ1) is 25.0. The molecular formula is C31H24FN4O4+. The second kappa shape index (κ2) is 10.1. The molecule has 0 bridgehead atoms. The van der Waals surface area contributed by atoms with Gasteiger partial charge in [-0.25, -0.2) is 4.39 Å². The zero-order chi connectivity index (χ0) is 27.7. The molecule has 0 radical (unpaired) electrons. The number of hydrogen-bond acceptors (Lipinski definition) is 5. The lowest BCUT2D eigenvalue weighted by molar-refractivity contribution is -0.904. The van der Waals surface area contributed by atoms with Crippen molar-refractivity contribution < 1.29 is 28.7 Å². The average molecular weight is 536 g/mol. The smallest absolute Gasteiger partial charge is 0.240 e. The lowest BCUT2D eigenvalue weighted by atomic mass is 10.0. The van der Waals surface area contributed by atoms with Gasteiger partial charge in [-0.1, -0.05) is 6.07 Å². The molecule has 1 aliphatic carbocycles. The van der Waals surface area contributed by atoms with Gasteiger partial charge in [0.15, 0.2) is 0 Å². The van der Waals surface area contributed by atoms with E-state index < -0.39 is 17.1 Å². The standard InChI is InChI=1S/C31H23FN4O4/c32-22-4-6-23(7-5-22)34-29(37)31(14-15-31)30(38)35-24-8-10-25(11-9-24)40-28-13-16-33-27-18-20(3-12-26(27)28)21-2-1-17-36(39)19-21/h1-13,16-19H,14-15H2,(H2-,34,35,37,38,39)/p+1. The number of ether oxygens (including phenoxy) is 1. The van der Waals surface area contributed by atoms with Gasteiger partial charge in [0.25, 0.3) is 0 Å². The molecule has 0 aliphatic heterocycles. The van der Waals surface area contributed by atoms with E-state index in [2.05, 4.69) is 15.6 Å². The largest absolute Gasteiger partial charge is 0.457 e. The summed E-state index contributed by atoms with van der Waals surface area (Å²) in [5.74, 6) is -0.0177. The van der Waals surface area contributed by atoms with Gasteiger partial charge in [-0.05, 0) is 91.2 Å². The quantitative estimate of drug-likeness (QED) is 0.141. The van der Waals surface area contributed by atoms with Crippen LogP contribution in [0.5, 0.6) is 11.5 Å². The molecule has 1 saturated carbocycles. The van der Waals surface area contributed by atoms with Gasteiger partial charge in [0.05, 0.1) is 11.1 Å². The lowest BCUT2D eigenvalue weighted by Crippen LogP contribution is -2.35. The van der Waals surface area contributed by atoms with Crippen LogP contribution in [-0.4, -0.2) is 22.0 Å². The minimum atomic E-state index is -1.14. The van der Waals surface area contributed by atoms with E-state index in [1.807, 2.05) is 24.3 Å². The Labute approximate surface area is 228 Å². The van der Waals surface area contributed by atoms with E-state index in [0.717, 1.165) is 26.8 Å². The number of nitrogens with zero attached hydrogens (tertiary/aromatic N) is 2. The molecule has 8 nitrogen and oxygen atoms in total. The molecule has 3 N–H and O–H groups in total. The molecule has 40 heavy (non-hydrogen) atoms. The predicted molar refractivity (Wildman–Crippen MR) is 146 cm³/mol. The summed E-state index contributed by atoms with van der Waals surface area (Å²) in [7, 11) is 0. The number of fused-ring (bicyclic) bond motifs is 1. The monoisotopic (exact) mass is 535 g/mol. The minimum Gasteiger partial charge on any atom is -0.457 e. The summed E-state index contributed by atoms with van der Waals surface area (Å²) in [4.78, 5) is 30.2. The molecule has 0 atom stereocenters. The number of carbonyl (C=O) groups excluding carboxylic acids is 2. The SMILES string of the molecule is O=C(Nc1ccc(F)cc1)C1(C(=O)Nc2ccc(Oc3ccnc4cc(-c5ccc[n+](O)c5)ccc34)cc2)CC1. The molecule has 2 heterocycles. The van der Waals surface area contributed by atoms with Crippen LogP contribution in [0, 0.1) is 11.2 Å². The number of amides is 2. The summed E-state index contributed by atoms with van der Waals surface area (Å²) in [6.45, 7) is 0. The molecule has 198 valence electrons.